The van der Waals surface area contributed by atoms with Crippen LogP contribution in [0.1, 0.15) is 11.1 Å². The largest absolute Gasteiger partial charge is 0.493 e. The molecule has 0 aromatic heterocycles. The summed E-state index contributed by atoms with van der Waals surface area (Å²) >= 11 is 0. The number of carbonyl (C=O) groups excluding carboxylic acids is 1. The van der Waals surface area contributed by atoms with Crippen LogP contribution < -0.4 is 18.9 Å². The summed E-state index contributed by atoms with van der Waals surface area (Å²) in [5.41, 5.74) is 2.53. The Kier molecular flexibility index (Phi) is 6.09. The molecule has 3 rings (SSSR count). The lowest BCUT2D eigenvalue weighted by Gasteiger charge is -2.12. The average Bonchev–Trinajstić information content (AvgIpc) is 3.06. The highest BCUT2D eigenvalue weighted by molar-refractivity contribution is 5.96. The normalized spacial score (nSPS) is 17.4. The number of methoxy groups -OCH3 is 4. The molecule has 1 heterocycles. The van der Waals surface area contributed by atoms with Crippen LogP contribution in [0.5, 0.6) is 23.0 Å². The molecule has 6 heteroatoms. The molecule has 0 spiro atoms. The Morgan fingerprint density at radius 1 is 0.893 bits per heavy atom. The zero-order chi connectivity index (χ0) is 20.1. The predicted octanol–water partition coefficient (Wildman–Crippen LogP) is 3.52. The van der Waals surface area contributed by atoms with Crippen LogP contribution in [0.4, 0.5) is 0 Å². The number of cyclic esters (lactones) is 1. The van der Waals surface area contributed by atoms with Crippen molar-refractivity contribution in [3.05, 3.63) is 53.1 Å². The van der Waals surface area contributed by atoms with E-state index in [1.165, 1.54) is 0 Å². The van der Waals surface area contributed by atoms with Gasteiger partial charge in [0, 0.05) is 11.5 Å². The number of hydrogen-bond acceptors (Lipinski definition) is 6. The van der Waals surface area contributed by atoms with Crippen molar-refractivity contribution in [2.24, 2.45) is 5.92 Å². The van der Waals surface area contributed by atoms with Gasteiger partial charge in [0.25, 0.3) is 0 Å². The van der Waals surface area contributed by atoms with Gasteiger partial charge in [-0.15, -0.1) is 0 Å². The molecule has 0 unspecified atom stereocenters. The van der Waals surface area contributed by atoms with Gasteiger partial charge in [0.1, 0.15) is 0 Å². The zero-order valence-corrected chi connectivity index (χ0v) is 16.5. The predicted molar refractivity (Wildman–Crippen MR) is 105 cm³/mol. The Bertz CT molecular complexity index is 887. The minimum absolute atomic E-state index is 0.0429. The molecule has 0 radical (unpaired) electrons. The molecule has 0 N–H and O–H groups in total. The fourth-order valence-corrected chi connectivity index (χ4v) is 3.28. The van der Waals surface area contributed by atoms with Crippen LogP contribution in [0, 0.1) is 5.92 Å². The van der Waals surface area contributed by atoms with E-state index in [0.717, 1.165) is 11.1 Å². The van der Waals surface area contributed by atoms with Crippen molar-refractivity contribution in [3.63, 3.8) is 0 Å². The van der Waals surface area contributed by atoms with Gasteiger partial charge >= 0.3 is 5.97 Å². The molecule has 0 aliphatic carbocycles. The van der Waals surface area contributed by atoms with Gasteiger partial charge in [0.05, 0.1) is 35.0 Å². The molecule has 2 aromatic carbocycles. The van der Waals surface area contributed by atoms with E-state index < -0.39 is 0 Å². The summed E-state index contributed by atoms with van der Waals surface area (Å²) in [5.74, 6) is 2.25. The van der Waals surface area contributed by atoms with E-state index in [-0.39, 0.29) is 11.9 Å². The fourth-order valence-electron chi connectivity index (χ4n) is 3.28. The summed E-state index contributed by atoms with van der Waals surface area (Å²) in [6.45, 7) is 0.353. The lowest BCUT2D eigenvalue weighted by molar-refractivity contribution is -0.135. The third-order valence-electron chi connectivity index (χ3n) is 4.75. The van der Waals surface area contributed by atoms with Crippen molar-refractivity contribution < 1.29 is 28.5 Å². The molecule has 1 aliphatic heterocycles. The van der Waals surface area contributed by atoms with E-state index in [2.05, 4.69) is 0 Å². The number of carbonyl (C=O) groups is 1. The van der Waals surface area contributed by atoms with E-state index in [9.17, 15) is 4.79 Å². The maximum atomic E-state index is 12.3. The van der Waals surface area contributed by atoms with Crippen molar-refractivity contribution in [2.75, 3.05) is 35.0 Å². The van der Waals surface area contributed by atoms with Crippen molar-refractivity contribution in [1.82, 2.24) is 0 Å². The Hall–Kier alpha value is -3.15. The Balaban J connectivity index is 1.86. The molecule has 28 heavy (non-hydrogen) atoms. The average molecular weight is 384 g/mol. The van der Waals surface area contributed by atoms with Gasteiger partial charge in [-0.1, -0.05) is 12.1 Å². The van der Waals surface area contributed by atoms with E-state index in [0.29, 0.717) is 41.6 Å². The number of rotatable bonds is 7. The van der Waals surface area contributed by atoms with Crippen LogP contribution in [0.15, 0.2) is 42.0 Å². The molecule has 6 nitrogen and oxygen atoms in total. The van der Waals surface area contributed by atoms with Crippen molar-refractivity contribution in [2.45, 2.75) is 6.42 Å². The molecule has 0 bridgehead atoms. The first-order valence-corrected chi connectivity index (χ1v) is 8.91. The first kappa shape index (κ1) is 19.6. The molecule has 1 fully saturated rings. The minimum atomic E-state index is -0.291. The van der Waals surface area contributed by atoms with Gasteiger partial charge in [-0.25, -0.2) is 4.79 Å². The second-order valence-electron chi connectivity index (χ2n) is 6.40. The van der Waals surface area contributed by atoms with Crippen LogP contribution in [-0.4, -0.2) is 41.0 Å². The number of ether oxygens (including phenoxy) is 5. The van der Waals surface area contributed by atoms with E-state index >= 15 is 0 Å². The van der Waals surface area contributed by atoms with Crippen molar-refractivity contribution >= 4 is 12.0 Å². The highest BCUT2D eigenvalue weighted by Gasteiger charge is 2.30. The minimum Gasteiger partial charge on any atom is -0.493 e. The SMILES string of the molecule is COc1ccc(C=C2C(=O)OC[C@@H]2Cc2ccc(OC)c(OC)c2)cc1OC. The number of hydrogen-bond donors (Lipinski definition) is 0. The zero-order valence-electron chi connectivity index (χ0n) is 16.5. The monoisotopic (exact) mass is 384 g/mol. The number of esters is 1. The maximum absolute atomic E-state index is 12.3. The Morgan fingerprint density at radius 3 is 2.14 bits per heavy atom. The van der Waals surface area contributed by atoms with E-state index in [4.69, 9.17) is 23.7 Å². The molecule has 1 saturated heterocycles. The molecule has 1 aliphatic rings. The quantitative estimate of drug-likeness (QED) is 0.538. The topological polar surface area (TPSA) is 63.2 Å². The summed E-state index contributed by atoms with van der Waals surface area (Å²) in [6, 6.07) is 11.3. The van der Waals surface area contributed by atoms with Crippen LogP contribution in [0.2, 0.25) is 0 Å². The van der Waals surface area contributed by atoms with Gasteiger partial charge in [0.2, 0.25) is 0 Å². The standard InChI is InChI=1S/C22H24O6/c1-24-18-7-5-14(11-20(18)26-3)9-16-13-28-22(23)17(16)10-15-6-8-19(25-2)21(12-15)27-4/h5-8,10-12,16H,9,13H2,1-4H3/t16-/m0/s1. The lowest BCUT2D eigenvalue weighted by Crippen LogP contribution is -2.08. The summed E-state index contributed by atoms with van der Waals surface area (Å²) in [5, 5.41) is 0. The molecular weight excluding hydrogens is 360 g/mol. The first-order chi connectivity index (χ1) is 13.6. The summed E-state index contributed by atoms with van der Waals surface area (Å²) < 4.78 is 26.6. The van der Waals surface area contributed by atoms with E-state index in [1.807, 2.05) is 42.5 Å². The highest BCUT2D eigenvalue weighted by atomic mass is 16.5. The van der Waals surface area contributed by atoms with Crippen molar-refractivity contribution in [3.8, 4) is 23.0 Å². The molecular formula is C22H24O6. The third kappa shape index (κ3) is 4.06. The summed E-state index contributed by atoms with van der Waals surface area (Å²) in [6.07, 6.45) is 2.51. The molecule has 2 aromatic rings. The highest BCUT2D eigenvalue weighted by Crippen LogP contribution is 2.33. The Morgan fingerprint density at radius 2 is 1.50 bits per heavy atom. The van der Waals surface area contributed by atoms with Gasteiger partial charge < -0.3 is 23.7 Å². The molecule has 0 saturated carbocycles. The van der Waals surface area contributed by atoms with Crippen molar-refractivity contribution in [1.29, 1.82) is 0 Å². The number of benzene rings is 2. The lowest BCUT2D eigenvalue weighted by atomic mass is 9.92. The smallest absolute Gasteiger partial charge is 0.334 e. The van der Waals surface area contributed by atoms with Crippen LogP contribution in [0.25, 0.3) is 6.08 Å². The third-order valence-corrected chi connectivity index (χ3v) is 4.75. The van der Waals surface area contributed by atoms with Gasteiger partial charge in [0.15, 0.2) is 23.0 Å². The molecule has 1 atom stereocenters. The first-order valence-electron chi connectivity index (χ1n) is 8.91. The van der Waals surface area contributed by atoms with Gasteiger partial charge in [-0.3, -0.25) is 0 Å². The second kappa shape index (κ2) is 8.69. The summed E-state index contributed by atoms with van der Waals surface area (Å²) in [4.78, 5) is 12.3. The van der Waals surface area contributed by atoms with Crippen LogP contribution in [0.3, 0.4) is 0 Å². The van der Waals surface area contributed by atoms with E-state index in [1.54, 1.807) is 28.4 Å². The second-order valence-corrected chi connectivity index (χ2v) is 6.40. The fraction of sp³-hybridized carbons (Fsp3) is 0.318. The van der Waals surface area contributed by atoms with Crippen LogP contribution in [-0.2, 0) is 16.0 Å². The summed E-state index contributed by atoms with van der Waals surface area (Å²) in [7, 11) is 6.37. The molecule has 0 amide bonds. The Labute approximate surface area is 164 Å². The molecule has 148 valence electrons. The van der Waals surface area contributed by atoms with Crippen LogP contribution >= 0.6 is 0 Å². The van der Waals surface area contributed by atoms with Gasteiger partial charge in [-0.2, -0.15) is 0 Å². The maximum Gasteiger partial charge on any atom is 0.334 e. The van der Waals surface area contributed by atoms with Gasteiger partial charge in [-0.05, 0) is 47.9 Å².